The van der Waals surface area contributed by atoms with E-state index in [1.165, 1.54) is 15.0 Å². The summed E-state index contributed by atoms with van der Waals surface area (Å²) in [5.41, 5.74) is 1.80. The molecule has 2 aromatic carbocycles. The summed E-state index contributed by atoms with van der Waals surface area (Å²) >= 11 is 0. The quantitative estimate of drug-likeness (QED) is 0.353. The lowest BCUT2D eigenvalue weighted by atomic mass is 10.1. The second-order valence-electron chi connectivity index (χ2n) is 10.3. The number of amides is 2. The number of rotatable bonds is 9. The Labute approximate surface area is 220 Å². The summed E-state index contributed by atoms with van der Waals surface area (Å²) < 4.78 is 3.85. The zero-order valence-corrected chi connectivity index (χ0v) is 22.4. The van der Waals surface area contributed by atoms with E-state index in [1.807, 2.05) is 58.9 Å². The number of aryl methyl sites for hydroxylation is 2. The van der Waals surface area contributed by atoms with Crippen molar-refractivity contribution >= 4 is 28.5 Å². The standard InChI is InChI=1S/C28H34N6O4/c1-17(2)12-13-32-26(37)22-11-10-21(25(36)30-18(3)4)14-23(22)34-27(32)31-33(28(34)38)16-24(35)29-15-20-8-6-19(5)7-9-20/h6-11,14,17-18H,12-13,15-16H2,1-5H3,(H,29,35)(H,30,36). The summed E-state index contributed by atoms with van der Waals surface area (Å²) in [5, 5.41) is 10.3. The van der Waals surface area contributed by atoms with E-state index in [-0.39, 0.29) is 41.3 Å². The van der Waals surface area contributed by atoms with Gasteiger partial charge in [-0.15, -0.1) is 5.10 Å². The van der Waals surface area contributed by atoms with Gasteiger partial charge in [0.05, 0.1) is 10.9 Å². The van der Waals surface area contributed by atoms with Crippen LogP contribution >= 0.6 is 0 Å². The highest BCUT2D eigenvalue weighted by Crippen LogP contribution is 2.15. The molecule has 0 aliphatic carbocycles. The molecule has 0 atom stereocenters. The molecule has 0 fully saturated rings. The maximum Gasteiger partial charge on any atom is 0.352 e. The van der Waals surface area contributed by atoms with Crippen molar-refractivity contribution in [3.8, 4) is 0 Å². The summed E-state index contributed by atoms with van der Waals surface area (Å²) in [5.74, 6) is -0.231. The normalized spacial score (nSPS) is 11.6. The molecule has 2 heterocycles. The maximum absolute atomic E-state index is 13.5. The number of carbonyl (C=O) groups excluding carboxylic acids is 2. The van der Waals surface area contributed by atoms with E-state index in [0.717, 1.165) is 15.8 Å². The highest BCUT2D eigenvalue weighted by Gasteiger charge is 2.20. The Bertz CT molecular complexity index is 1610. The first kappa shape index (κ1) is 26.8. The molecule has 38 heavy (non-hydrogen) atoms. The van der Waals surface area contributed by atoms with Crippen molar-refractivity contribution in [2.75, 3.05) is 0 Å². The van der Waals surface area contributed by atoms with Crippen molar-refractivity contribution in [1.29, 1.82) is 0 Å². The SMILES string of the molecule is Cc1ccc(CNC(=O)Cn2nc3n(CCC(C)C)c(=O)c4ccc(C(=O)NC(C)C)cc4n3c2=O)cc1. The van der Waals surface area contributed by atoms with Crippen LogP contribution in [0.4, 0.5) is 0 Å². The van der Waals surface area contributed by atoms with Gasteiger partial charge in [-0.05, 0) is 56.9 Å². The number of hydrogen-bond donors (Lipinski definition) is 2. The van der Waals surface area contributed by atoms with Gasteiger partial charge in [-0.2, -0.15) is 0 Å². The maximum atomic E-state index is 13.5. The lowest BCUT2D eigenvalue weighted by Gasteiger charge is -2.12. The molecule has 0 aliphatic heterocycles. The zero-order chi connectivity index (χ0) is 27.6. The van der Waals surface area contributed by atoms with Gasteiger partial charge in [0.1, 0.15) is 6.54 Å². The third kappa shape index (κ3) is 5.69. The third-order valence-electron chi connectivity index (χ3n) is 6.29. The third-order valence-corrected chi connectivity index (χ3v) is 6.29. The van der Waals surface area contributed by atoms with Crippen LogP contribution in [0.25, 0.3) is 16.7 Å². The molecule has 0 radical (unpaired) electrons. The summed E-state index contributed by atoms with van der Waals surface area (Å²) in [6.45, 7) is 10.2. The molecule has 10 heteroatoms. The molecule has 4 aromatic rings. The predicted molar refractivity (Wildman–Crippen MR) is 146 cm³/mol. The Morgan fingerprint density at radius 1 is 1.00 bits per heavy atom. The van der Waals surface area contributed by atoms with Gasteiger partial charge in [0.2, 0.25) is 11.7 Å². The van der Waals surface area contributed by atoms with Crippen LogP contribution in [-0.2, 0) is 24.4 Å². The fourth-order valence-corrected chi connectivity index (χ4v) is 4.19. The average molecular weight is 519 g/mol. The van der Waals surface area contributed by atoms with Crippen LogP contribution in [0, 0.1) is 12.8 Å². The number of fused-ring (bicyclic) bond motifs is 3. The molecule has 200 valence electrons. The first-order chi connectivity index (χ1) is 18.0. The number of nitrogens with zero attached hydrogens (tertiary/aromatic N) is 4. The first-order valence-electron chi connectivity index (χ1n) is 12.8. The predicted octanol–water partition coefficient (Wildman–Crippen LogP) is 2.62. The van der Waals surface area contributed by atoms with Crippen molar-refractivity contribution in [3.05, 3.63) is 80.0 Å². The van der Waals surface area contributed by atoms with Crippen LogP contribution in [-0.4, -0.2) is 36.6 Å². The van der Waals surface area contributed by atoms with E-state index in [0.29, 0.717) is 36.4 Å². The molecule has 10 nitrogen and oxygen atoms in total. The highest BCUT2D eigenvalue weighted by atomic mass is 16.2. The Hall–Kier alpha value is -4.21. The Kier molecular flexibility index (Phi) is 7.80. The van der Waals surface area contributed by atoms with Gasteiger partial charge in [0.25, 0.3) is 11.5 Å². The van der Waals surface area contributed by atoms with Crippen LogP contribution < -0.4 is 21.9 Å². The molecule has 2 N–H and O–H groups in total. The molecule has 0 unspecified atom stereocenters. The van der Waals surface area contributed by atoms with E-state index >= 15 is 0 Å². The fourth-order valence-electron chi connectivity index (χ4n) is 4.19. The van der Waals surface area contributed by atoms with Crippen molar-refractivity contribution < 1.29 is 9.59 Å². The minimum absolute atomic E-state index is 0.0776. The molecule has 0 aliphatic rings. The van der Waals surface area contributed by atoms with Crippen molar-refractivity contribution in [2.45, 2.75) is 66.7 Å². The zero-order valence-electron chi connectivity index (χ0n) is 22.4. The summed E-state index contributed by atoms with van der Waals surface area (Å²) in [6.07, 6.45) is 0.702. The minimum Gasteiger partial charge on any atom is -0.350 e. The van der Waals surface area contributed by atoms with E-state index in [1.54, 1.807) is 12.1 Å². The number of aromatic nitrogens is 4. The molecular weight excluding hydrogens is 484 g/mol. The minimum atomic E-state index is -0.560. The molecule has 2 aromatic heterocycles. The van der Waals surface area contributed by atoms with Gasteiger partial charge in [-0.1, -0.05) is 43.7 Å². The van der Waals surface area contributed by atoms with Gasteiger partial charge in [0.15, 0.2) is 0 Å². The second-order valence-corrected chi connectivity index (χ2v) is 10.3. The van der Waals surface area contributed by atoms with Gasteiger partial charge < -0.3 is 10.6 Å². The van der Waals surface area contributed by atoms with Crippen LogP contribution in [0.1, 0.15) is 55.6 Å². The second kappa shape index (κ2) is 11.0. The Balaban J connectivity index is 1.76. The van der Waals surface area contributed by atoms with Crippen LogP contribution in [0.15, 0.2) is 52.1 Å². The van der Waals surface area contributed by atoms with Gasteiger partial charge in [-0.3, -0.25) is 19.0 Å². The van der Waals surface area contributed by atoms with Gasteiger partial charge in [0, 0.05) is 24.7 Å². The van der Waals surface area contributed by atoms with E-state index in [9.17, 15) is 19.2 Å². The fraction of sp³-hybridized carbons (Fsp3) is 0.393. The van der Waals surface area contributed by atoms with E-state index in [4.69, 9.17) is 0 Å². The smallest absolute Gasteiger partial charge is 0.350 e. The Morgan fingerprint density at radius 2 is 1.71 bits per heavy atom. The van der Waals surface area contributed by atoms with Crippen molar-refractivity contribution in [1.82, 2.24) is 29.4 Å². The van der Waals surface area contributed by atoms with Crippen LogP contribution in [0.3, 0.4) is 0 Å². The van der Waals surface area contributed by atoms with Gasteiger partial charge in [-0.25, -0.2) is 13.9 Å². The van der Waals surface area contributed by atoms with E-state index < -0.39 is 5.69 Å². The molecular formula is C28H34N6O4. The van der Waals surface area contributed by atoms with Crippen LogP contribution in [0.2, 0.25) is 0 Å². The van der Waals surface area contributed by atoms with E-state index in [2.05, 4.69) is 15.7 Å². The number of carbonyl (C=O) groups is 2. The molecule has 4 rings (SSSR count). The monoisotopic (exact) mass is 518 g/mol. The van der Waals surface area contributed by atoms with Gasteiger partial charge >= 0.3 is 5.69 Å². The number of benzene rings is 2. The van der Waals surface area contributed by atoms with Crippen molar-refractivity contribution in [2.24, 2.45) is 5.92 Å². The first-order valence-corrected chi connectivity index (χ1v) is 12.8. The summed E-state index contributed by atoms with van der Waals surface area (Å²) in [6, 6.07) is 12.4. The largest absolute Gasteiger partial charge is 0.352 e. The van der Waals surface area contributed by atoms with Crippen molar-refractivity contribution in [3.63, 3.8) is 0 Å². The number of hydrogen-bond acceptors (Lipinski definition) is 5. The molecule has 0 bridgehead atoms. The molecule has 2 amide bonds. The molecule has 0 saturated heterocycles. The Morgan fingerprint density at radius 3 is 2.37 bits per heavy atom. The molecule has 0 saturated carbocycles. The number of nitrogens with one attached hydrogen (secondary N) is 2. The highest BCUT2D eigenvalue weighted by molar-refractivity contribution is 5.98. The topological polar surface area (TPSA) is 120 Å². The lowest BCUT2D eigenvalue weighted by molar-refractivity contribution is -0.122. The summed E-state index contributed by atoms with van der Waals surface area (Å²) in [4.78, 5) is 52.3. The average Bonchev–Trinajstić information content (AvgIpc) is 3.18. The lowest BCUT2D eigenvalue weighted by Crippen LogP contribution is -2.33. The summed E-state index contributed by atoms with van der Waals surface area (Å²) in [7, 11) is 0. The van der Waals surface area contributed by atoms with Crippen LogP contribution in [0.5, 0.6) is 0 Å². The molecule has 0 spiro atoms.